The van der Waals surface area contributed by atoms with Crippen molar-refractivity contribution in [2.24, 2.45) is 0 Å². The van der Waals surface area contributed by atoms with Gasteiger partial charge in [-0.05, 0) is 26.1 Å². The molecule has 6 heteroatoms. The van der Waals surface area contributed by atoms with Gasteiger partial charge in [-0.3, -0.25) is 9.48 Å². The summed E-state index contributed by atoms with van der Waals surface area (Å²) in [5, 5.41) is 7.35. The molecule has 1 fully saturated rings. The van der Waals surface area contributed by atoms with E-state index in [1.807, 2.05) is 21.8 Å². The summed E-state index contributed by atoms with van der Waals surface area (Å²) in [6.07, 6.45) is 4.72. The van der Waals surface area contributed by atoms with Gasteiger partial charge in [-0.2, -0.15) is 5.10 Å². The van der Waals surface area contributed by atoms with E-state index >= 15 is 0 Å². The molecule has 0 spiro atoms. The lowest BCUT2D eigenvalue weighted by molar-refractivity contribution is -0.131. The van der Waals surface area contributed by atoms with Crippen LogP contribution in [0.5, 0.6) is 0 Å². The van der Waals surface area contributed by atoms with Crippen LogP contribution in [-0.4, -0.2) is 71.8 Å². The van der Waals surface area contributed by atoms with Crippen molar-refractivity contribution in [2.75, 3.05) is 46.3 Å². The van der Waals surface area contributed by atoms with Crippen LogP contribution in [0.2, 0.25) is 0 Å². The molecule has 0 aromatic carbocycles. The number of nitrogens with zero attached hydrogens (tertiary/aromatic N) is 4. The fraction of sp³-hybridized carbons (Fsp3) is 0.692. The van der Waals surface area contributed by atoms with Crippen LogP contribution in [0.3, 0.4) is 0 Å². The number of rotatable bonds is 6. The molecule has 2 heterocycles. The van der Waals surface area contributed by atoms with Crippen molar-refractivity contribution in [1.82, 2.24) is 24.9 Å². The van der Waals surface area contributed by atoms with E-state index in [1.165, 1.54) is 0 Å². The van der Waals surface area contributed by atoms with Gasteiger partial charge in [-0.25, -0.2) is 0 Å². The Morgan fingerprint density at radius 2 is 2.11 bits per heavy atom. The van der Waals surface area contributed by atoms with Gasteiger partial charge in [0.15, 0.2) is 0 Å². The Balaban J connectivity index is 1.54. The van der Waals surface area contributed by atoms with E-state index in [0.29, 0.717) is 6.54 Å². The van der Waals surface area contributed by atoms with E-state index < -0.39 is 0 Å². The number of carbonyl (C=O) groups is 1. The van der Waals surface area contributed by atoms with E-state index in [9.17, 15) is 4.79 Å². The highest BCUT2D eigenvalue weighted by atomic mass is 16.2. The van der Waals surface area contributed by atoms with Crippen LogP contribution in [-0.2, 0) is 11.3 Å². The van der Waals surface area contributed by atoms with Crippen LogP contribution in [0, 0.1) is 0 Å². The van der Waals surface area contributed by atoms with E-state index in [2.05, 4.69) is 22.4 Å². The molecular weight excluding hydrogens is 242 g/mol. The Hall–Kier alpha value is -1.40. The van der Waals surface area contributed by atoms with Gasteiger partial charge in [-0.1, -0.05) is 0 Å². The second-order valence-corrected chi connectivity index (χ2v) is 4.98. The molecule has 1 aromatic heterocycles. The number of piperazine rings is 1. The smallest absolute Gasteiger partial charge is 0.236 e. The monoisotopic (exact) mass is 265 g/mol. The molecule has 0 radical (unpaired) electrons. The summed E-state index contributed by atoms with van der Waals surface area (Å²) in [4.78, 5) is 16.1. The Morgan fingerprint density at radius 1 is 1.32 bits per heavy atom. The van der Waals surface area contributed by atoms with Gasteiger partial charge in [0.2, 0.25) is 5.91 Å². The Kier molecular flexibility index (Phi) is 5.35. The summed E-state index contributed by atoms with van der Waals surface area (Å²) in [5.41, 5.74) is 0. The molecule has 1 aliphatic rings. The number of amides is 1. The quantitative estimate of drug-likeness (QED) is 0.714. The van der Waals surface area contributed by atoms with Crippen molar-refractivity contribution < 1.29 is 4.79 Å². The lowest BCUT2D eigenvalue weighted by atomic mass is 10.3. The molecule has 0 atom stereocenters. The molecule has 0 unspecified atom stereocenters. The molecule has 0 bridgehead atoms. The van der Waals surface area contributed by atoms with Gasteiger partial charge in [0.05, 0.1) is 6.54 Å². The predicted molar refractivity (Wildman–Crippen MR) is 73.8 cm³/mol. The molecule has 1 aliphatic heterocycles. The zero-order valence-electron chi connectivity index (χ0n) is 11.6. The lowest BCUT2D eigenvalue weighted by Gasteiger charge is -2.32. The molecule has 1 amide bonds. The average Bonchev–Trinajstić information content (AvgIpc) is 2.92. The molecule has 2 rings (SSSR count). The largest absolute Gasteiger partial charge is 0.339 e. The van der Waals surface area contributed by atoms with Gasteiger partial charge < -0.3 is 15.1 Å². The first kappa shape index (κ1) is 14.0. The number of aryl methyl sites for hydroxylation is 1. The zero-order chi connectivity index (χ0) is 13.5. The summed E-state index contributed by atoms with van der Waals surface area (Å²) in [7, 11) is 2.09. The number of nitrogens with one attached hydrogen (secondary N) is 1. The van der Waals surface area contributed by atoms with Gasteiger partial charge in [0, 0.05) is 45.1 Å². The Morgan fingerprint density at radius 3 is 2.79 bits per heavy atom. The van der Waals surface area contributed by atoms with Gasteiger partial charge in [0.25, 0.3) is 0 Å². The molecule has 1 aromatic rings. The van der Waals surface area contributed by atoms with Crippen molar-refractivity contribution >= 4 is 5.91 Å². The van der Waals surface area contributed by atoms with Gasteiger partial charge in [0.1, 0.15) is 0 Å². The third kappa shape index (κ3) is 4.65. The van der Waals surface area contributed by atoms with Crippen molar-refractivity contribution in [3.05, 3.63) is 18.5 Å². The van der Waals surface area contributed by atoms with Gasteiger partial charge >= 0.3 is 0 Å². The van der Waals surface area contributed by atoms with E-state index in [4.69, 9.17) is 0 Å². The molecule has 0 saturated carbocycles. The lowest BCUT2D eigenvalue weighted by Crippen LogP contribution is -2.49. The highest BCUT2D eigenvalue weighted by Gasteiger charge is 2.17. The van der Waals surface area contributed by atoms with Crippen LogP contribution in [0.25, 0.3) is 0 Å². The SMILES string of the molecule is CN1CCN(C(=O)CNCCCn2cccn2)CC1. The van der Waals surface area contributed by atoms with Crippen LogP contribution in [0.1, 0.15) is 6.42 Å². The first-order chi connectivity index (χ1) is 9.25. The minimum atomic E-state index is 0.215. The summed E-state index contributed by atoms with van der Waals surface area (Å²) < 4.78 is 1.91. The maximum Gasteiger partial charge on any atom is 0.236 e. The summed E-state index contributed by atoms with van der Waals surface area (Å²) >= 11 is 0. The highest BCUT2D eigenvalue weighted by molar-refractivity contribution is 5.78. The Bertz CT molecular complexity index is 370. The number of aromatic nitrogens is 2. The molecule has 106 valence electrons. The third-order valence-electron chi connectivity index (χ3n) is 3.43. The first-order valence-corrected chi connectivity index (χ1v) is 6.90. The fourth-order valence-electron chi connectivity index (χ4n) is 2.16. The molecule has 19 heavy (non-hydrogen) atoms. The topological polar surface area (TPSA) is 53.4 Å². The van der Waals surface area contributed by atoms with Crippen molar-refractivity contribution in [1.29, 1.82) is 0 Å². The van der Waals surface area contributed by atoms with E-state index in [0.717, 1.165) is 45.7 Å². The standard InChI is InChI=1S/C13H23N5O/c1-16-8-10-17(11-9-16)13(19)12-14-4-2-6-18-7-3-5-15-18/h3,5,7,14H,2,4,6,8-12H2,1H3. The second-order valence-electron chi connectivity index (χ2n) is 4.98. The van der Waals surface area contributed by atoms with Crippen molar-refractivity contribution in [3.63, 3.8) is 0 Å². The number of hydrogen-bond donors (Lipinski definition) is 1. The molecular formula is C13H23N5O. The maximum atomic E-state index is 11.9. The summed E-state index contributed by atoms with van der Waals surface area (Å²) in [6.45, 7) is 5.84. The van der Waals surface area contributed by atoms with Crippen LogP contribution in [0.4, 0.5) is 0 Å². The van der Waals surface area contributed by atoms with Gasteiger partial charge in [-0.15, -0.1) is 0 Å². The molecule has 1 saturated heterocycles. The zero-order valence-corrected chi connectivity index (χ0v) is 11.6. The minimum absolute atomic E-state index is 0.215. The normalized spacial score (nSPS) is 16.8. The van der Waals surface area contributed by atoms with Crippen LogP contribution >= 0.6 is 0 Å². The molecule has 0 aliphatic carbocycles. The van der Waals surface area contributed by atoms with Crippen LogP contribution in [0.15, 0.2) is 18.5 Å². The first-order valence-electron chi connectivity index (χ1n) is 6.90. The minimum Gasteiger partial charge on any atom is -0.339 e. The average molecular weight is 265 g/mol. The second kappa shape index (κ2) is 7.25. The van der Waals surface area contributed by atoms with Crippen molar-refractivity contribution in [2.45, 2.75) is 13.0 Å². The number of hydrogen-bond acceptors (Lipinski definition) is 4. The summed E-state index contributed by atoms with van der Waals surface area (Å²) in [6, 6.07) is 1.92. The predicted octanol–water partition coefficient (Wildman–Crippen LogP) is -0.363. The highest BCUT2D eigenvalue weighted by Crippen LogP contribution is 1.98. The third-order valence-corrected chi connectivity index (χ3v) is 3.43. The van der Waals surface area contributed by atoms with E-state index in [-0.39, 0.29) is 5.91 Å². The maximum absolute atomic E-state index is 11.9. The summed E-state index contributed by atoms with van der Waals surface area (Å²) in [5.74, 6) is 0.215. The van der Waals surface area contributed by atoms with E-state index in [1.54, 1.807) is 6.20 Å². The fourth-order valence-corrected chi connectivity index (χ4v) is 2.16. The van der Waals surface area contributed by atoms with Crippen molar-refractivity contribution in [3.8, 4) is 0 Å². The number of likely N-dealkylation sites (N-methyl/N-ethyl adjacent to an activating group) is 1. The number of carbonyl (C=O) groups excluding carboxylic acids is 1. The van der Waals surface area contributed by atoms with Crippen LogP contribution < -0.4 is 5.32 Å². The molecule has 1 N–H and O–H groups in total. The molecule has 6 nitrogen and oxygen atoms in total. The Labute approximate surface area is 114 Å².